The zero-order valence-corrected chi connectivity index (χ0v) is 14.5. The molecular weight excluding hydrogens is 336 g/mol. The summed E-state index contributed by atoms with van der Waals surface area (Å²) in [6.45, 7) is 0. The molecule has 4 nitrogen and oxygen atoms in total. The van der Waals surface area contributed by atoms with Crippen LogP contribution in [0.25, 0.3) is 0 Å². The van der Waals surface area contributed by atoms with Gasteiger partial charge < -0.3 is 5.32 Å². The summed E-state index contributed by atoms with van der Waals surface area (Å²) in [7, 11) is 0. The molecule has 0 spiro atoms. The highest BCUT2D eigenvalue weighted by atomic mass is 35.5. The van der Waals surface area contributed by atoms with Crippen LogP contribution in [0.2, 0.25) is 5.02 Å². The maximum absolute atomic E-state index is 13.0. The van der Waals surface area contributed by atoms with Gasteiger partial charge in [-0.05, 0) is 48.7 Å². The number of anilines is 1. The first-order valence-electron chi connectivity index (χ1n) is 8.63. The number of carbonyl (C=O) groups is 2. The van der Waals surface area contributed by atoms with Crippen LogP contribution in [-0.2, 0) is 4.79 Å². The summed E-state index contributed by atoms with van der Waals surface area (Å²) in [5, 5.41) is 3.73. The maximum Gasteiger partial charge on any atom is 0.259 e. The van der Waals surface area contributed by atoms with Gasteiger partial charge in [-0.1, -0.05) is 42.6 Å². The summed E-state index contributed by atoms with van der Waals surface area (Å²) in [6.07, 6.45) is 4.31. The quantitative estimate of drug-likeness (QED) is 0.902. The molecule has 1 atom stereocenters. The molecule has 1 saturated carbocycles. The number of amides is 2. The highest BCUT2D eigenvalue weighted by Gasteiger charge is 2.42. The molecule has 0 bridgehead atoms. The number of rotatable bonds is 3. The first-order valence-corrected chi connectivity index (χ1v) is 9.01. The van der Waals surface area contributed by atoms with Crippen molar-refractivity contribution in [2.24, 2.45) is 0 Å². The van der Waals surface area contributed by atoms with Crippen LogP contribution in [0.4, 0.5) is 5.69 Å². The summed E-state index contributed by atoms with van der Waals surface area (Å²) in [5.74, 6) is -0.260. The molecule has 1 aliphatic carbocycles. The van der Waals surface area contributed by atoms with Crippen LogP contribution in [0, 0.1) is 0 Å². The van der Waals surface area contributed by atoms with E-state index in [0.29, 0.717) is 16.3 Å². The molecule has 25 heavy (non-hydrogen) atoms. The van der Waals surface area contributed by atoms with E-state index in [9.17, 15) is 9.59 Å². The van der Waals surface area contributed by atoms with Crippen LogP contribution in [0.1, 0.15) is 47.6 Å². The van der Waals surface area contributed by atoms with Crippen molar-refractivity contribution in [3.8, 4) is 0 Å². The highest BCUT2D eigenvalue weighted by Crippen LogP contribution is 2.38. The Balaban J connectivity index is 1.71. The topological polar surface area (TPSA) is 49.4 Å². The Morgan fingerprint density at radius 1 is 1.04 bits per heavy atom. The molecular formula is C20H19ClN2O2. The number of nitrogens with zero attached hydrogens (tertiary/aromatic N) is 1. The van der Waals surface area contributed by atoms with E-state index in [1.54, 1.807) is 35.2 Å². The third-order valence-corrected chi connectivity index (χ3v) is 5.27. The smallest absolute Gasteiger partial charge is 0.259 e. The van der Waals surface area contributed by atoms with E-state index in [2.05, 4.69) is 5.32 Å². The van der Waals surface area contributed by atoms with Crippen LogP contribution in [0.15, 0.2) is 48.5 Å². The standard InChI is InChI=1S/C20H19ClN2O2/c21-13-9-11-15(12-10-13)23-18(19(24)22-14-5-1-2-6-14)16-7-3-4-8-17(16)20(23)25/h3-4,7-12,14,18H,1-2,5-6H2,(H,22,24)/t18-/m0/s1. The zero-order chi connectivity index (χ0) is 17.4. The first kappa shape index (κ1) is 16.2. The monoisotopic (exact) mass is 354 g/mol. The van der Waals surface area contributed by atoms with Gasteiger partial charge in [0.1, 0.15) is 6.04 Å². The summed E-state index contributed by atoms with van der Waals surface area (Å²) < 4.78 is 0. The Bertz CT molecular complexity index is 813. The summed E-state index contributed by atoms with van der Waals surface area (Å²) in [6, 6.07) is 13.9. The number of carbonyl (C=O) groups excluding carboxylic acids is 2. The van der Waals surface area contributed by atoms with Crippen molar-refractivity contribution in [3.63, 3.8) is 0 Å². The molecule has 1 N–H and O–H groups in total. The third-order valence-electron chi connectivity index (χ3n) is 5.02. The lowest BCUT2D eigenvalue weighted by Gasteiger charge is -2.26. The van der Waals surface area contributed by atoms with E-state index in [4.69, 9.17) is 11.6 Å². The largest absolute Gasteiger partial charge is 0.351 e. The van der Waals surface area contributed by atoms with Crippen molar-refractivity contribution < 1.29 is 9.59 Å². The van der Waals surface area contributed by atoms with Crippen molar-refractivity contribution in [1.29, 1.82) is 0 Å². The number of halogens is 1. The molecule has 2 aromatic rings. The minimum Gasteiger partial charge on any atom is -0.351 e. The predicted octanol–water partition coefficient (Wildman–Crippen LogP) is 4.10. The summed E-state index contributed by atoms with van der Waals surface area (Å²) in [4.78, 5) is 27.6. The number of hydrogen-bond acceptors (Lipinski definition) is 2. The number of fused-ring (bicyclic) bond motifs is 1. The Morgan fingerprint density at radius 2 is 1.72 bits per heavy atom. The lowest BCUT2D eigenvalue weighted by atomic mass is 10.0. The minimum atomic E-state index is -0.634. The molecule has 5 heteroatoms. The molecule has 0 unspecified atom stereocenters. The van der Waals surface area contributed by atoms with Gasteiger partial charge in [0.05, 0.1) is 0 Å². The molecule has 4 rings (SSSR count). The van der Waals surface area contributed by atoms with E-state index in [1.807, 2.05) is 18.2 Å². The van der Waals surface area contributed by atoms with Crippen molar-refractivity contribution in [2.45, 2.75) is 37.8 Å². The molecule has 0 aromatic heterocycles. The van der Waals surface area contributed by atoms with Gasteiger partial charge in [-0.2, -0.15) is 0 Å². The lowest BCUT2D eigenvalue weighted by Crippen LogP contribution is -2.42. The lowest BCUT2D eigenvalue weighted by molar-refractivity contribution is -0.123. The molecule has 2 amide bonds. The van der Waals surface area contributed by atoms with Crippen molar-refractivity contribution in [3.05, 3.63) is 64.7 Å². The molecule has 2 aliphatic rings. The number of benzene rings is 2. The van der Waals surface area contributed by atoms with Gasteiger partial charge in [-0.3, -0.25) is 14.5 Å². The molecule has 2 aromatic carbocycles. The summed E-state index contributed by atoms with van der Waals surface area (Å²) in [5.41, 5.74) is 2.03. The summed E-state index contributed by atoms with van der Waals surface area (Å²) >= 11 is 5.97. The van der Waals surface area contributed by atoms with E-state index in [-0.39, 0.29) is 17.9 Å². The van der Waals surface area contributed by atoms with E-state index >= 15 is 0 Å². The van der Waals surface area contributed by atoms with Gasteiger partial charge in [0.15, 0.2) is 0 Å². The van der Waals surface area contributed by atoms with Crippen molar-refractivity contribution in [1.82, 2.24) is 5.32 Å². The van der Waals surface area contributed by atoms with Crippen LogP contribution in [-0.4, -0.2) is 17.9 Å². The Hall–Kier alpha value is -2.33. The molecule has 0 saturated heterocycles. The van der Waals surface area contributed by atoms with E-state index in [0.717, 1.165) is 31.2 Å². The number of hydrogen-bond donors (Lipinski definition) is 1. The minimum absolute atomic E-state index is 0.111. The fraction of sp³-hybridized carbons (Fsp3) is 0.300. The zero-order valence-electron chi connectivity index (χ0n) is 13.7. The fourth-order valence-corrected chi connectivity index (χ4v) is 3.92. The predicted molar refractivity (Wildman–Crippen MR) is 97.8 cm³/mol. The maximum atomic E-state index is 13.0. The Kier molecular flexibility index (Phi) is 4.22. The van der Waals surface area contributed by atoms with E-state index in [1.165, 1.54) is 0 Å². The second-order valence-electron chi connectivity index (χ2n) is 6.63. The number of nitrogens with one attached hydrogen (secondary N) is 1. The Morgan fingerprint density at radius 3 is 2.44 bits per heavy atom. The van der Waals surface area contributed by atoms with Gasteiger partial charge in [0.2, 0.25) is 5.91 Å². The van der Waals surface area contributed by atoms with Gasteiger partial charge in [0, 0.05) is 22.3 Å². The van der Waals surface area contributed by atoms with Crippen molar-refractivity contribution >= 4 is 29.1 Å². The highest BCUT2D eigenvalue weighted by molar-refractivity contribution is 6.30. The molecule has 128 valence electrons. The van der Waals surface area contributed by atoms with Gasteiger partial charge in [-0.25, -0.2) is 0 Å². The Labute approximate surface area is 151 Å². The second-order valence-corrected chi connectivity index (χ2v) is 7.07. The first-order chi connectivity index (χ1) is 12.1. The molecule has 1 fully saturated rings. The normalized spacial score (nSPS) is 20.0. The SMILES string of the molecule is O=C(NC1CCCC1)[C@@H]1c2ccccc2C(=O)N1c1ccc(Cl)cc1. The van der Waals surface area contributed by atoms with E-state index < -0.39 is 6.04 Å². The van der Waals surface area contributed by atoms with Crippen molar-refractivity contribution in [2.75, 3.05) is 4.90 Å². The van der Waals surface area contributed by atoms with Crippen LogP contribution < -0.4 is 10.2 Å². The van der Waals surface area contributed by atoms with Gasteiger partial charge >= 0.3 is 0 Å². The average molecular weight is 355 g/mol. The molecule has 1 aliphatic heterocycles. The average Bonchev–Trinajstić information content (AvgIpc) is 3.22. The molecule has 1 heterocycles. The van der Waals surface area contributed by atoms with Crippen LogP contribution in [0.3, 0.4) is 0 Å². The fourth-order valence-electron chi connectivity index (χ4n) is 3.79. The third kappa shape index (κ3) is 2.91. The second kappa shape index (κ2) is 6.52. The van der Waals surface area contributed by atoms with Gasteiger partial charge in [0.25, 0.3) is 5.91 Å². The van der Waals surface area contributed by atoms with Crippen LogP contribution in [0.5, 0.6) is 0 Å². The van der Waals surface area contributed by atoms with Gasteiger partial charge in [-0.15, -0.1) is 0 Å². The van der Waals surface area contributed by atoms with Crippen LogP contribution >= 0.6 is 11.6 Å². The molecule has 0 radical (unpaired) electrons.